The van der Waals surface area contributed by atoms with Crippen LogP contribution in [0.25, 0.3) is 6.08 Å². The summed E-state index contributed by atoms with van der Waals surface area (Å²) in [6.45, 7) is 8.39. The van der Waals surface area contributed by atoms with Crippen LogP contribution in [0.3, 0.4) is 0 Å². The van der Waals surface area contributed by atoms with E-state index in [0.29, 0.717) is 5.02 Å². The number of benzene rings is 2. The zero-order chi connectivity index (χ0) is 21.8. The maximum atomic E-state index is 12.2. The largest absolute Gasteiger partial charge is 0.492 e. The van der Waals surface area contributed by atoms with E-state index in [9.17, 15) is 4.79 Å². The highest BCUT2D eigenvalue weighted by Crippen LogP contribution is 2.38. The summed E-state index contributed by atoms with van der Waals surface area (Å²) in [7, 11) is -0.594. The van der Waals surface area contributed by atoms with Crippen LogP contribution in [0.5, 0.6) is 0 Å². The first-order valence-corrected chi connectivity index (χ1v) is 10.3. The molecule has 0 bridgehead atoms. The Balaban J connectivity index is 1.71. The first-order valence-electron chi connectivity index (χ1n) is 9.92. The van der Waals surface area contributed by atoms with E-state index in [1.807, 2.05) is 88.4 Å². The predicted octanol–water partition coefficient (Wildman–Crippen LogP) is 5.28. The first kappa shape index (κ1) is 22.4. The fourth-order valence-electron chi connectivity index (χ4n) is 2.96. The van der Waals surface area contributed by atoms with Crippen molar-refractivity contribution in [1.29, 1.82) is 0 Å². The van der Waals surface area contributed by atoms with Crippen molar-refractivity contribution in [3.8, 4) is 0 Å². The van der Waals surface area contributed by atoms with Gasteiger partial charge in [0.15, 0.2) is 0 Å². The van der Waals surface area contributed by atoms with Crippen molar-refractivity contribution in [3.05, 3.63) is 76.2 Å². The molecule has 1 aliphatic heterocycles. The molecule has 1 N–H and O–H groups in total. The Bertz CT molecular complexity index is 898. The molecule has 1 amide bonds. The van der Waals surface area contributed by atoms with Crippen molar-refractivity contribution in [2.45, 2.75) is 45.5 Å². The summed E-state index contributed by atoms with van der Waals surface area (Å²) in [5.74, 6) is 0. The quantitative estimate of drug-likeness (QED) is 0.637. The van der Waals surface area contributed by atoms with E-state index in [4.69, 9.17) is 25.6 Å². The molecule has 5 nitrogen and oxygen atoms in total. The third-order valence-electron chi connectivity index (χ3n) is 5.41. The fourth-order valence-corrected chi connectivity index (χ4v) is 3.15. The summed E-state index contributed by atoms with van der Waals surface area (Å²) >= 11 is 6.12. The lowest BCUT2D eigenvalue weighted by molar-refractivity contribution is 0.00578. The van der Waals surface area contributed by atoms with E-state index in [2.05, 4.69) is 5.32 Å². The van der Waals surface area contributed by atoms with Crippen LogP contribution in [0.2, 0.25) is 5.02 Å². The van der Waals surface area contributed by atoms with Gasteiger partial charge in [0, 0.05) is 11.6 Å². The molecule has 0 atom stereocenters. The molecular weight excluding hydrogens is 401 g/mol. The molecular formula is C23H27BClNO4. The number of alkyl carbamates (subject to hydrolysis) is 1. The molecule has 0 aliphatic carbocycles. The Hall–Kier alpha value is -2.28. The van der Waals surface area contributed by atoms with Crippen LogP contribution in [-0.2, 0) is 20.7 Å². The van der Waals surface area contributed by atoms with Crippen molar-refractivity contribution < 1.29 is 18.8 Å². The Labute approximate surface area is 183 Å². The number of halogens is 1. The van der Waals surface area contributed by atoms with Crippen LogP contribution in [0.1, 0.15) is 38.8 Å². The highest BCUT2D eigenvalue weighted by Gasteiger charge is 2.52. The van der Waals surface area contributed by atoms with Crippen molar-refractivity contribution in [1.82, 2.24) is 5.32 Å². The smallest absolute Gasteiger partial charge is 0.445 e. The summed E-state index contributed by atoms with van der Waals surface area (Å²) in [6.07, 6.45) is 1.42. The van der Waals surface area contributed by atoms with Crippen LogP contribution >= 0.6 is 11.6 Å². The number of carbonyl (C=O) groups excluding carboxylic acids is 1. The maximum absolute atomic E-state index is 12.2. The molecule has 0 saturated carbocycles. The van der Waals surface area contributed by atoms with E-state index in [1.54, 1.807) is 0 Å². The van der Waals surface area contributed by atoms with Crippen LogP contribution in [0.15, 0.2) is 60.1 Å². The summed E-state index contributed by atoms with van der Waals surface area (Å²) < 4.78 is 17.7. The second-order valence-electron chi connectivity index (χ2n) is 8.28. The minimum Gasteiger partial charge on any atom is -0.445 e. The molecule has 1 aliphatic rings. The van der Waals surface area contributed by atoms with Gasteiger partial charge >= 0.3 is 13.2 Å². The number of amides is 1. The molecule has 30 heavy (non-hydrogen) atoms. The van der Waals surface area contributed by atoms with Gasteiger partial charge in [-0.15, -0.1) is 0 Å². The number of carbonyl (C=O) groups is 1. The van der Waals surface area contributed by atoms with E-state index in [-0.39, 0.29) is 13.2 Å². The normalized spacial score (nSPS) is 17.6. The van der Waals surface area contributed by atoms with E-state index < -0.39 is 24.4 Å². The minimum absolute atomic E-state index is 0.205. The van der Waals surface area contributed by atoms with Gasteiger partial charge in [0.1, 0.15) is 6.61 Å². The van der Waals surface area contributed by atoms with E-state index in [1.165, 1.54) is 0 Å². The molecule has 0 radical (unpaired) electrons. The average molecular weight is 428 g/mol. The topological polar surface area (TPSA) is 56.8 Å². The van der Waals surface area contributed by atoms with Crippen LogP contribution in [0, 0.1) is 0 Å². The summed E-state index contributed by atoms with van der Waals surface area (Å²) in [5, 5.41) is 3.43. The van der Waals surface area contributed by atoms with Gasteiger partial charge < -0.3 is 19.4 Å². The summed E-state index contributed by atoms with van der Waals surface area (Å²) in [4.78, 5) is 12.2. The molecule has 7 heteroatoms. The molecule has 158 valence electrons. The molecule has 0 spiro atoms. The summed E-state index contributed by atoms with van der Waals surface area (Å²) in [6, 6.07) is 17.0. The molecule has 1 fully saturated rings. The van der Waals surface area contributed by atoms with Crippen molar-refractivity contribution in [2.24, 2.45) is 0 Å². The lowest BCUT2D eigenvalue weighted by atomic mass is 9.77. The maximum Gasteiger partial charge on any atom is 0.492 e. The van der Waals surface area contributed by atoms with Gasteiger partial charge in [0.2, 0.25) is 0 Å². The highest BCUT2D eigenvalue weighted by molar-refractivity contribution is 6.56. The van der Waals surface area contributed by atoms with Crippen molar-refractivity contribution in [2.75, 3.05) is 6.54 Å². The molecule has 2 aromatic carbocycles. The van der Waals surface area contributed by atoms with Gasteiger partial charge in [0.05, 0.1) is 11.2 Å². The van der Waals surface area contributed by atoms with Crippen LogP contribution < -0.4 is 5.32 Å². The third-order valence-corrected chi connectivity index (χ3v) is 5.64. The number of ether oxygens (including phenoxy) is 1. The second kappa shape index (κ2) is 9.25. The van der Waals surface area contributed by atoms with E-state index in [0.717, 1.165) is 16.6 Å². The minimum atomic E-state index is -0.594. The number of hydrogen-bond acceptors (Lipinski definition) is 4. The van der Waals surface area contributed by atoms with Gasteiger partial charge in [0.25, 0.3) is 0 Å². The summed E-state index contributed by atoms with van der Waals surface area (Å²) in [5.41, 5.74) is 1.62. The zero-order valence-corrected chi connectivity index (χ0v) is 18.5. The molecule has 0 aromatic heterocycles. The number of hydrogen-bond donors (Lipinski definition) is 1. The lowest BCUT2D eigenvalue weighted by Gasteiger charge is -2.32. The number of nitrogens with one attached hydrogen (secondary N) is 1. The van der Waals surface area contributed by atoms with Gasteiger partial charge in [-0.25, -0.2) is 4.79 Å². The fraction of sp³-hybridized carbons (Fsp3) is 0.348. The number of rotatable bonds is 6. The van der Waals surface area contributed by atoms with Crippen molar-refractivity contribution in [3.63, 3.8) is 0 Å². The third kappa shape index (κ3) is 5.66. The molecule has 0 unspecified atom stereocenters. The molecule has 1 heterocycles. The molecule has 3 rings (SSSR count). The lowest BCUT2D eigenvalue weighted by Crippen LogP contribution is -2.41. The van der Waals surface area contributed by atoms with Crippen LogP contribution in [0.4, 0.5) is 4.79 Å². The predicted molar refractivity (Wildman–Crippen MR) is 120 cm³/mol. The highest BCUT2D eigenvalue weighted by atomic mass is 35.5. The standard InChI is InChI=1S/C23H27BClNO4/c1-22(2)23(3,4)30-24(29-22)19(13-18-11-8-12-20(25)14-18)15-26-21(27)28-16-17-9-6-5-7-10-17/h5-14H,15-16H2,1-4H3,(H,26,27). The zero-order valence-electron chi connectivity index (χ0n) is 17.8. The van der Waals surface area contributed by atoms with Crippen LogP contribution in [-0.4, -0.2) is 31.0 Å². The van der Waals surface area contributed by atoms with Gasteiger partial charge in [-0.05, 0) is 56.4 Å². The van der Waals surface area contributed by atoms with Gasteiger partial charge in [-0.2, -0.15) is 0 Å². The Morgan fingerprint density at radius 3 is 2.37 bits per heavy atom. The van der Waals surface area contributed by atoms with E-state index >= 15 is 0 Å². The Morgan fingerprint density at radius 1 is 1.07 bits per heavy atom. The first-order chi connectivity index (χ1) is 14.2. The SMILES string of the molecule is CC1(C)OB(C(=Cc2cccc(Cl)c2)CNC(=O)OCc2ccccc2)OC1(C)C. The second-order valence-corrected chi connectivity index (χ2v) is 8.71. The Kier molecular flexibility index (Phi) is 6.91. The van der Waals surface area contributed by atoms with Gasteiger partial charge in [-0.1, -0.05) is 60.1 Å². The average Bonchev–Trinajstić information content (AvgIpc) is 2.91. The van der Waals surface area contributed by atoms with Crippen molar-refractivity contribution >= 4 is 30.9 Å². The monoisotopic (exact) mass is 427 g/mol. The Morgan fingerprint density at radius 2 is 1.73 bits per heavy atom. The molecule has 2 aromatic rings. The van der Waals surface area contributed by atoms with Gasteiger partial charge in [-0.3, -0.25) is 0 Å². The molecule has 1 saturated heterocycles.